The largest absolute Gasteiger partial charge is 0.392 e. The Labute approximate surface area is 126 Å². The maximum absolute atomic E-state index is 12.3. The van der Waals surface area contributed by atoms with Crippen molar-refractivity contribution in [1.29, 1.82) is 0 Å². The molecule has 1 amide bonds. The summed E-state index contributed by atoms with van der Waals surface area (Å²) in [6.07, 6.45) is 0. The summed E-state index contributed by atoms with van der Waals surface area (Å²) in [5.41, 5.74) is 4.07. The van der Waals surface area contributed by atoms with E-state index in [9.17, 15) is 4.79 Å². The van der Waals surface area contributed by atoms with Crippen LogP contribution in [0.15, 0.2) is 40.9 Å². The minimum atomic E-state index is -0.168. The van der Waals surface area contributed by atoms with E-state index in [0.29, 0.717) is 5.56 Å². The van der Waals surface area contributed by atoms with Gasteiger partial charge in [-0.1, -0.05) is 23.8 Å². The lowest BCUT2D eigenvalue weighted by Gasteiger charge is -2.11. The number of aryl methyl sites for hydroxylation is 2. The number of aliphatic hydroxyl groups excluding tert-OH is 1. The van der Waals surface area contributed by atoms with Crippen LogP contribution in [0.1, 0.15) is 27.0 Å². The summed E-state index contributed by atoms with van der Waals surface area (Å²) in [5, 5.41) is 12.1. The monoisotopic (exact) mass is 333 g/mol. The normalized spacial score (nSPS) is 10.4. The van der Waals surface area contributed by atoms with E-state index in [4.69, 9.17) is 5.11 Å². The number of hydrogen-bond donors (Lipinski definition) is 2. The molecule has 4 heteroatoms. The van der Waals surface area contributed by atoms with Gasteiger partial charge in [0, 0.05) is 10.2 Å². The maximum Gasteiger partial charge on any atom is 0.256 e. The molecule has 0 heterocycles. The van der Waals surface area contributed by atoms with Gasteiger partial charge in [0.1, 0.15) is 0 Å². The number of carbonyl (C=O) groups excluding carboxylic acids is 1. The Morgan fingerprint density at radius 3 is 2.65 bits per heavy atom. The zero-order valence-corrected chi connectivity index (χ0v) is 13.0. The molecule has 20 heavy (non-hydrogen) atoms. The molecule has 2 aromatic rings. The predicted molar refractivity (Wildman–Crippen MR) is 83.9 cm³/mol. The fourth-order valence-electron chi connectivity index (χ4n) is 1.90. The summed E-state index contributed by atoms with van der Waals surface area (Å²) in [6, 6.07) is 11.2. The third-order valence-electron chi connectivity index (χ3n) is 3.10. The molecular formula is C16H16BrNO2. The Hall–Kier alpha value is -1.65. The molecule has 0 saturated heterocycles. The minimum Gasteiger partial charge on any atom is -0.392 e. The first kappa shape index (κ1) is 14.8. The van der Waals surface area contributed by atoms with Crippen molar-refractivity contribution in [3.05, 3.63) is 63.1 Å². The van der Waals surface area contributed by atoms with Gasteiger partial charge in [-0.2, -0.15) is 0 Å². The molecule has 0 spiro atoms. The van der Waals surface area contributed by atoms with Crippen LogP contribution in [-0.2, 0) is 6.61 Å². The molecule has 0 aromatic heterocycles. The molecule has 0 bridgehead atoms. The van der Waals surface area contributed by atoms with Crippen LogP contribution in [0.25, 0.3) is 0 Å². The van der Waals surface area contributed by atoms with Crippen LogP contribution in [-0.4, -0.2) is 11.0 Å². The minimum absolute atomic E-state index is 0.0444. The van der Waals surface area contributed by atoms with Gasteiger partial charge in [0.25, 0.3) is 5.91 Å². The lowest BCUT2D eigenvalue weighted by molar-refractivity contribution is 0.102. The summed E-state index contributed by atoms with van der Waals surface area (Å²) >= 11 is 3.39. The van der Waals surface area contributed by atoms with E-state index in [1.165, 1.54) is 0 Å². The van der Waals surface area contributed by atoms with E-state index in [1.807, 2.05) is 44.2 Å². The lowest BCUT2D eigenvalue weighted by Crippen LogP contribution is -2.14. The number of carbonyl (C=O) groups is 1. The van der Waals surface area contributed by atoms with Crippen LogP contribution < -0.4 is 5.32 Å². The highest BCUT2D eigenvalue weighted by Gasteiger charge is 2.12. The zero-order valence-electron chi connectivity index (χ0n) is 11.4. The van der Waals surface area contributed by atoms with Crippen molar-refractivity contribution in [3.63, 3.8) is 0 Å². The van der Waals surface area contributed by atoms with E-state index in [0.717, 1.165) is 26.9 Å². The third kappa shape index (κ3) is 3.26. The summed E-state index contributed by atoms with van der Waals surface area (Å²) in [4.78, 5) is 12.3. The Bertz CT molecular complexity index is 653. The van der Waals surface area contributed by atoms with Crippen molar-refractivity contribution < 1.29 is 9.90 Å². The number of hydrogen-bond acceptors (Lipinski definition) is 2. The van der Waals surface area contributed by atoms with E-state index in [-0.39, 0.29) is 12.5 Å². The van der Waals surface area contributed by atoms with Gasteiger partial charge in [0.15, 0.2) is 0 Å². The number of halogens is 1. The molecule has 0 unspecified atom stereocenters. The van der Waals surface area contributed by atoms with E-state index < -0.39 is 0 Å². The highest BCUT2D eigenvalue weighted by atomic mass is 79.9. The van der Waals surface area contributed by atoms with E-state index in [2.05, 4.69) is 21.2 Å². The Kier molecular flexibility index (Phi) is 4.57. The highest BCUT2D eigenvalue weighted by Crippen LogP contribution is 2.22. The van der Waals surface area contributed by atoms with Gasteiger partial charge in [-0.15, -0.1) is 0 Å². The topological polar surface area (TPSA) is 49.3 Å². The Morgan fingerprint density at radius 1 is 1.20 bits per heavy atom. The van der Waals surface area contributed by atoms with Crippen LogP contribution in [0.5, 0.6) is 0 Å². The molecule has 0 aliphatic carbocycles. The van der Waals surface area contributed by atoms with Gasteiger partial charge < -0.3 is 10.4 Å². The van der Waals surface area contributed by atoms with Gasteiger partial charge in [-0.25, -0.2) is 0 Å². The number of anilines is 1. The van der Waals surface area contributed by atoms with Crippen molar-refractivity contribution in [1.82, 2.24) is 0 Å². The summed E-state index contributed by atoms with van der Waals surface area (Å²) in [6.45, 7) is 3.82. The summed E-state index contributed by atoms with van der Waals surface area (Å²) in [5.74, 6) is -0.168. The van der Waals surface area contributed by atoms with Gasteiger partial charge in [-0.05, 0) is 59.1 Å². The summed E-state index contributed by atoms with van der Waals surface area (Å²) in [7, 11) is 0. The van der Waals surface area contributed by atoms with Crippen LogP contribution in [0.4, 0.5) is 5.69 Å². The molecule has 3 nitrogen and oxygen atoms in total. The van der Waals surface area contributed by atoms with E-state index >= 15 is 0 Å². The summed E-state index contributed by atoms with van der Waals surface area (Å²) < 4.78 is 0.761. The number of aliphatic hydroxyl groups is 1. The van der Waals surface area contributed by atoms with Crippen molar-refractivity contribution in [2.45, 2.75) is 20.5 Å². The number of benzene rings is 2. The molecular weight excluding hydrogens is 318 g/mol. The molecule has 0 saturated carbocycles. The number of rotatable bonds is 3. The molecule has 2 aromatic carbocycles. The first-order valence-electron chi connectivity index (χ1n) is 6.29. The average Bonchev–Trinajstić information content (AvgIpc) is 2.43. The second-order valence-electron chi connectivity index (χ2n) is 4.74. The van der Waals surface area contributed by atoms with Gasteiger partial charge in [0.2, 0.25) is 0 Å². The molecule has 0 aliphatic rings. The van der Waals surface area contributed by atoms with Crippen molar-refractivity contribution >= 4 is 27.5 Å². The smallest absolute Gasteiger partial charge is 0.256 e. The quantitative estimate of drug-likeness (QED) is 0.897. The van der Waals surface area contributed by atoms with Gasteiger partial charge in [-0.3, -0.25) is 4.79 Å². The van der Waals surface area contributed by atoms with Gasteiger partial charge >= 0.3 is 0 Å². The fourth-order valence-corrected chi connectivity index (χ4v) is 2.33. The predicted octanol–water partition coefficient (Wildman–Crippen LogP) is 3.81. The SMILES string of the molecule is Cc1ccc(Br)c(C(=O)Nc2cc(CO)ccc2C)c1. The molecule has 0 aliphatic heterocycles. The molecule has 0 atom stereocenters. The zero-order chi connectivity index (χ0) is 14.7. The average molecular weight is 334 g/mol. The first-order valence-corrected chi connectivity index (χ1v) is 7.08. The second-order valence-corrected chi connectivity index (χ2v) is 5.60. The van der Waals surface area contributed by atoms with Crippen LogP contribution in [0, 0.1) is 13.8 Å². The number of nitrogens with one attached hydrogen (secondary N) is 1. The third-order valence-corrected chi connectivity index (χ3v) is 3.79. The Balaban J connectivity index is 2.30. The number of amides is 1. The fraction of sp³-hybridized carbons (Fsp3) is 0.188. The van der Waals surface area contributed by atoms with Crippen molar-refractivity contribution in [3.8, 4) is 0 Å². The van der Waals surface area contributed by atoms with Crippen LogP contribution >= 0.6 is 15.9 Å². The van der Waals surface area contributed by atoms with E-state index in [1.54, 1.807) is 6.07 Å². The molecule has 2 N–H and O–H groups in total. The molecule has 0 radical (unpaired) electrons. The maximum atomic E-state index is 12.3. The molecule has 104 valence electrons. The van der Waals surface area contributed by atoms with Crippen LogP contribution in [0.2, 0.25) is 0 Å². The Morgan fingerprint density at radius 2 is 1.95 bits per heavy atom. The standard InChI is InChI=1S/C16H16BrNO2/c1-10-3-6-14(17)13(7-10)16(20)18-15-8-12(9-19)5-4-11(15)2/h3-8,19H,9H2,1-2H3,(H,18,20). The molecule has 2 rings (SSSR count). The lowest BCUT2D eigenvalue weighted by atomic mass is 10.1. The first-order chi connectivity index (χ1) is 9.51. The highest BCUT2D eigenvalue weighted by molar-refractivity contribution is 9.10. The van der Waals surface area contributed by atoms with Gasteiger partial charge in [0.05, 0.1) is 12.2 Å². The van der Waals surface area contributed by atoms with Crippen molar-refractivity contribution in [2.75, 3.05) is 5.32 Å². The molecule has 0 fully saturated rings. The van der Waals surface area contributed by atoms with Crippen molar-refractivity contribution in [2.24, 2.45) is 0 Å². The second kappa shape index (κ2) is 6.20. The van der Waals surface area contributed by atoms with Crippen LogP contribution in [0.3, 0.4) is 0 Å².